The molecule has 1 aliphatic carbocycles. The Labute approximate surface area is 128 Å². The number of amides is 1. The van der Waals surface area contributed by atoms with Crippen molar-refractivity contribution in [2.24, 2.45) is 0 Å². The molecule has 6 heteroatoms. The molecule has 0 aromatic carbocycles. The number of anilines is 1. The lowest BCUT2D eigenvalue weighted by atomic mass is 10.1. The Hall–Kier alpha value is -1.56. The van der Waals surface area contributed by atoms with Crippen molar-refractivity contribution in [2.75, 3.05) is 11.9 Å². The van der Waals surface area contributed by atoms with Crippen molar-refractivity contribution in [2.45, 2.75) is 52.6 Å². The molecular formula is C15H21NO4S. The smallest absolute Gasteiger partial charge is 0.412 e. The van der Waals surface area contributed by atoms with Gasteiger partial charge in [0.2, 0.25) is 0 Å². The molecule has 0 aliphatic heterocycles. The molecule has 5 nitrogen and oxygen atoms in total. The van der Waals surface area contributed by atoms with Crippen molar-refractivity contribution < 1.29 is 19.1 Å². The molecule has 1 aromatic rings. The van der Waals surface area contributed by atoms with E-state index in [9.17, 15) is 9.59 Å². The molecule has 0 bridgehead atoms. The van der Waals surface area contributed by atoms with E-state index in [-0.39, 0.29) is 5.97 Å². The molecule has 0 fully saturated rings. The van der Waals surface area contributed by atoms with Gasteiger partial charge in [-0.1, -0.05) is 0 Å². The second-order valence-electron chi connectivity index (χ2n) is 5.91. The summed E-state index contributed by atoms with van der Waals surface area (Å²) < 4.78 is 10.4. The first-order chi connectivity index (χ1) is 9.81. The Balaban J connectivity index is 2.23. The second kappa shape index (κ2) is 6.05. The average Bonchev–Trinajstić information content (AvgIpc) is 2.85. The number of hydrogen-bond donors (Lipinski definition) is 1. The van der Waals surface area contributed by atoms with Gasteiger partial charge in [0.15, 0.2) is 0 Å². The summed E-state index contributed by atoms with van der Waals surface area (Å²) in [5, 5.41) is 3.23. The van der Waals surface area contributed by atoms with Crippen LogP contribution in [-0.4, -0.2) is 24.3 Å². The van der Waals surface area contributed by atoms with Gasteiger partial charge < -0.3 is 9.47 Å². The van der Waals surface area contributed by atoms with E-state index in [1.807, 2.05) is 0 Å². The standard InChI is InChI=1S/C15H21NO4S/c1-5-19-13(17)11-9-7-6-8-10(9)21-12(11)16-14(18)20-15(2,3)4/h5-8H2,1-4H3,(H,16,18). The first kappa shape index (κ1) is 15.8. The highest BCUT2D eigenvalue weighted by atomic mass is 32.1. The fourth-order valence-corrected chi connectivity index (χ4v) is 3.57. The molecule has 0 saturated heterocycles. The van der Waals surface area contributed by atoms with Gasteiger partial charge in [-0.3, -0.25) is 5.32 Å². The van der Waals surface area contributed by atoms with Crippen LogP contribution < -0.4 is 5.32 Å². The van der Waals surface area contributed by atoms with Gasteiger partial charge in [0, 0.05) is 4.88 Å². The summed E-state index contributed by atoms with van der Waals surface area (Å²) in [6.45, 7) is 7.48. The lowest BCUT2D eigenvalue weighted by molar-refractivity contribution is 0.0527. The van der Waals surface area contributed by atoms with Crippen LogP contribution in [0.5, 0.6) is 0 Å². The summed E-state index contributed by atoms with van der Waals surface area (Å²) >= 11 is 1.44. The third-order valence-electron chi connectivity index (χ3n) is 3.02. The molecular weight excluding hydrogens is 290 g/mol. The third kappa shape index (κ3) is 3.75. The average molecular weight is 311 g/mol. The van der Waals surface area contributed by atoms with Crippen molar-refractivity contribution in [3.05, 3.63) is 16.0 Å². The van der Waals surface area contributed by atoms with Gasteiger partial charge in [0.25, 0.3) is 0 Å². The number of rotatable bonds is 3. The summed E-state index contributed by atoms with van der Waals surface area (Å²) in [4.78, 5) is 25.2. The minimum absolute atomic E-state index is 0.315. The predicted molar refractivity (Wildman–Crippen MR) is 82.2 cm³/mol. The Morgan fingerprint density at radius 2 is 2.00 bits per heavy atom. The number of aryl methyl sites for hydroxylation is 1. The van der Waals surface area contributed by atoms with E-state index in [4.69, 9.17) is 9.47 Å². The summed E-state index contributed by atoms with van der Waals surface area (Å²) in [6.07, 6.45) is 2.30. The number of fused-ring (bicyclic) bond motifs is 1. The highest BCUT2D eigenvalue weighted by Crippen LogP contribution is 2.39. The topological polar surface area (TPSA) is 64.6 Å². The molecule has 1 N–H and O–H groups in total. The molecule has 1 aliphatic rings. The number of hydrogen-bond acceptors (Lipinski definition) is 5. The maximum atomic E-state index is 12.1. The maximum Gasteiger partial charge on any atom is 0.412 e. The summed E-state index contributed by atoms with van der Waals surface area (Å²) in [5.74, 6) is -0.372. The van der Waals surface area contributed by atoms with E-state index in [0.717, 1.165) is 29.7 Å². The van der Waals surface area contributed by atoms with Gasteiger partial charge >= 0.3 is 12.1 Å². The van der Waals surface area contributed by atoms with Crippen molar-refractivity contribution >= 4 is 28.4 Å². The van der Waals surface area contributed by atoms with Crippen LogP contribution in [0.2, 0.25) is 0 Å². The minimum atomic E-state index is -0.575. The van der Waals surface area contributed by atoms with Crippen LogP contribution in [-0.2, 0) is 22.3 Å². The number of thiophene rings is 1. The number of esters is 1. The van der Waals surface area contributed by atoms with Gasteiger partial charge in [-0.05, 0) is 52.5 Å². The van der Waals surface area contributed by atoms with Crippen molar-refractivity contribution in [1.82, 2.24) is 0 Å². The molecule has 0 radical (unpaired) electrons. The molecule has 21 heavy (non-hydrogen) atoms. The molecule has 116 valence electrons. The molecule has 0 spiro atoms. The summed E-state index contributed by atoms with van der Waals surface area (Å²) in [7, 11) is 0. The van der Waals surface area contributed by atoms with E-state index in [1.165, 1.54) is 11.3 Å². The lowest BCUT2D eigenvalue weighted by Crippen LogP contribution is -2.27. The molecule has 1 aromatic heterocycles. The molecule has 1 heterocycles. The minimum Gasteiger partial charge on any atom is -0.462 e. The van der Waals surface area contributed by atoms with Gasteiger partial charge in [-0.2, -0.15) is 0 Å². The Bertz CT molecular complexity index is 557. The second-order valence-corrected chi connectivity index (χ2v) is 7.01. The first-order valence-electron chi connectivity index (χ1n) is 7.13. The molecule has 0 unspecified atom stereocenters. The molecule has 0 atom stereocenters. The van der Waals surface area contributed by atoms with E-state index in [2.05, 4.69) is 5.32 Å². The van der Waals surface area contributed by atoms with Gasteiger partial charge in [-0.25, -0.2) is 9.59 Å². The van der Waals surface area contributed by atoms with Crippen LogP contribution in [0.1, 0.15) is 54.9 Å². The highest BCUT2D eigenvalue weighted by Gasteiger charge is 2.29. The Morgan fingerprint density at radius 3 is 2.62 bits per heavy atom. The van der Waals surface area contributed by atoms with Crippen LogP contribution in [0.15, 0.2) is 0 Å². The number of ether oxygens (including phenoxy) is 2. The fourth-order valence-electron chi connectivity index (χ4n) is 2.31. The van der Waals surface area contributed by atoms with Crippen LogP contribution in [0.25, 0.3) is 0 Å². The maximum absolute atomic E-state index is 12.1. The van der Waals surface area contributed by atoms with Gasteiger partial charge in [-0.15, -0.1) is 11.3 Å². The van der Waals surface area contributed by atoms with Crippen molar-refractivity contribution in [3.8, 4) is 0 Å². The normalized spacial score (nSPS) is 13.7. The highest BCUT2D eigenvalue weighted by molar-refractivity contribution is 7.17. The van der Waals surface area contributed by atoms with Crippen LogP contribution in [0, 0.1) is 0 Å². The van der Waals surface area contributed by atoms with Crippen LogP contribution in [0.4, 0.5) is 9.80 Å². The predicted octanol–water partition coefficient (Wildman–Crippen LogP) is 3.76. The third-order valence-corrected chi connectivity index (χ3v) is 4.22. The zero-order chi connectivity index (χ0) is 15.6. The Kier molecular flexibility index (Phi) is 4.56. The van der Waals surface area contributed by atoms with Crippen LogP contribution >= 0.6 is 11.3 Å². The molecule has 2 rings (SSSR count). The quantitative estimate of drug-likeness (QED) is 0.863. The van der Waals surface area contributed by atoms with E-state index in [1.54, 1.807) is 27.7 Å². The summed E-state index contributed by atoms with van der Waals surface area (Å²) in [6, 6.07) is 0. The van der Waals surface area contributed by atoms with Gasteiger partial charge in [0.05, 0.1) is 12.2 Å². The van der Waals surface area contributed by atoms with Crippen molar-refractivity contribution in [1.29, 1.82) is 0 Å². The summed E-state index contributed by atoms with van der Waals surface area (Å²) in [5.41, 5.74) is 0.943. The van der Waals surface area contributed by atoms with E-state index >= 15 is 0 Å². The number of carbonyl (C=O) groups excluding carboxylic acids is 2. The van der Waals surface area contributed by atoms with E-state index in [0.29, 0.717) is 17.2 Å². The number of nitrogens with one attached hydrogen (secondary N) is 1. The van der Waals surface area contributed by atoms with E-state index < -0.39 is 11.7 Å². The largest absolute Gasteiger partial charge is 0.462 e. The zero-order valence-electron chi connectivity index (χ0n) is 12.9. The van der Waals surface area contributed by atoms with Gasteiger partial charge in [0.1, 0.15) is 10.6 Å². The SMILES string of the molecule is CCOC(=O)c1c(NC(=O)OC(C)(C)C)sc2c1CCC2. The number of carbonyl (C=O) groups is 2. The lowest BCUT2D eigenvalue weighted by Gasteiger charge is -2.19. The molecule has 0 saturated carbocycles. The zero-order valence-corrected chi connectivity index (χ0v) is 13.7. The van der Waals surface area contributed by atoms with Crippen molar-refractivity contribution in [3.63, 3.8) is 0 Å². The molecule has 1 amide bonds. The fraction of sp³-hybridized carbons (Fsp3) is 0.600. The Morgan fingerprint density at radius 1 is 1.29 bits per heavy atom. The first-order valence-corrected chi connectivity index (χ1v) is 7.95. The van der Waals surface area contributed by atoms with Crippen LogP contribution in [0.3, 0.4) is 0 Å². The monoisotopic (exact) mass is 311 g/mol.